The molecule has 1 aliphatic rings. The molecule has 1 aliphatic heterocycles. The molecule has 1 fully saturated rings. The van der Waals surface area contributed by atoms with E-state index in [4.69, 9.17) is 0 Å². The van der Waals surface area contributed by atoms with E-state index in [9.17, 15) is 9.59 Å². The summed E-state index contributed by atoms with van der Waals surface area (Å²) in [4.78, 5) is 26.4. The number of carbonyl (C=O) groups is 2. The van der Waals surface area contributed by atoms with E-state index in [-0.39, 0.29) is 23.3 Å². The number of nitrogens with one attached hydrogen (secondary N) is 1. The highest BCUT2D eigenvalue weighted by Gasteiger charge is 2.36. The highest BCUT2D eigenvalue weighted by Crippen LogP contribution is 2.25. The van der Waals surface area contributed by atoms with E-state index in [0.29, 0.717) is 25.1 Å². The van der Waals surface area contributed by atoms with Gasteiger partial charge >= 0.3 is 0 Å². The zero-order valence-corrected chi connectivity index (χ0v) is 15.7. The van der Waals surface area contributed by atoms with Crippen LogP contribution in [0.1, 0.15) is 43.1 Å². The molecule has 2 aromatic rings. The van der Waals surface area contributed by atoms with Crippen molar-refractivity contribution in [2.45, 2.75) is 39.3 Å². The molecule has 5 nitrogen and oxygen atoms in total. The van der Waals surface area contributed by atoms with Gasteiger partial charge < -0.3 is 14.8 Å². The van der Waals surface area contributed by atoms with Crippen molar-refractivity contribution in [1.82, 2.24) is 14.8 Å². The fourth-order valence-corrected chi connectivity index (χ4v) is 3.35. The van der Waals surface area contributed by atoms with Gasteiger partial charge in [0.25, 0.3) is 5.91 Å². The van der Waals surface area contributed by atoms with Crippen LogP contribution in [-0.4, -0.2) is 39.9 Å². The van der Waals surface area contributed by atoms with Gasteiger partial charge in [-0.2, -0.15) is 0 Å². The van der Waals surface area contributed by atoms with Crippen LogP contribution in [-0.2, 0) is 11.3 Å². The largest absolute Gasteiger partial charge is 0.352 e. The number of rotatable bonds is 5. The molecule has 0 aliphatic carbocycles. The summed E-state index contributed by atoms with van der Waals surface area (Å²) in [6, 6.07) is 11.7. The smallest absolute Gasteiger partial charge is 0.251 e. The maximum absolute atomic E-state index is 12.4. The average molecular weight is 353 g/mol. The number of benzene rings is 1. The molecule has 0 unspecified atom stereocenters. The second kappa shape index (κ2) is 7.36. The lowest BCUT2D eigenvalue weighted by Gasteiger charge is -2.32. The number of carbonyl (C=O) groups excluding carboxylic acids is 2. The third-order valence-corrected chi connectivity index (χ3v) is 4.81. The highest BCUT2D eigenvalue weighted by atomic mass is 16.2. The standard InChI is InChI=1S/C21H27N3O2/c1-21(2,3)24-15-17(12-19(24)25)13-22-20(26)18-8-6-16(7-9-18)14-23-10-4-5-11-23/h4-11,17H,12-15H2,1-3H3,(H,22,26)/t17-/m1/s1. The Labute approximate surface area is 155 Å². The predicted molar refractivity (Wildman–Crippen MR) is 102 cm³/mol. The number of amides is 2. The van der Waals surface area contributed by atoms with Crippen molar-refractivity contribution >= 4 is 11.8 Å². The van der Waals surface area contributed by atoms with Crippen molar-refractivity contribution in [2.75, 3.05) is 13.1 Å². The summed E-state index contributed by atoms with van der Waals surface area (Å²) in [5.74, 6) is 0.268. The summed E-state index contributed by atoms with van der Waals surface area (Å²) < 4.78 is 2.09. The lowest BCUT2D eigenvalue weighted by molar-refractivity contribution is -0.131. The Morgan fingerprint density at radius 3 is 2.38 bits per heavy atom. The van der Waals surface area contributed by atoms with Gasteiger partial charge in [-0.1, -0.05) is 12.1 Å². The van der Waals surface area contributed by atoms with E-state index in [0.717, 1.165) is 12.1 Å². The maximum atomic E-state index is 12.4. The maximum Gasteiger partial charge on any atom is 0.251 e. The first-order valence-corrected chi connectivity index (χ1v) is 9.11. The molecule has 1 aromatic carbocycles. The Morgan fingerprint density at radius 1 is 1.15 bits per heavy atom. The van der Waals surface area contributed by atoms with Crippen LogP contribution in [0.15, 0.2) is 48.8 Å². The van der Waals surface area contributed by atoms with Crippen molar-refractivity contribution in [3.8, 4) is 0 Å². The number of aromatic nitrogens is 1. The molecule has 26 heavy (non-hydrogen) atoms. The molecule has 0 bridgehead atoms. The first-order valence-electron chi connectivity index (χ1n) is 9.11. The molecule has 1 atom stereocenters. The molecule has 5 heteroatoms. The zero-order valence-electron chi connectivity index (χ0n) is 15.7. The van der Waals surface area contributed by atoms with Crippen LogP contribution in [0, 0.1) is 5.92 Å². The van der Waals surface area contributed by atoms with Crippen LogP contribution >= 0.6 is 0 Å². The first-order chi connectivity index (χ1) is 12.3. The van der Waals surface area contributed by atoms with E-state index >= 15 is 0 Å². The fraction of sp³-hybridized carbons (Fsp3) is 0.429. The second-order valence-corrected chi connectivity index (χ2v) is 8.01. The van der Waals surface area contributed by atoms with Crippen molar-refractivity contribution in [3.05, 3.63) is 59.9 Å². The summed E-state index contributed by atoms with van der Waals surface area (Å²) in [6.45, 7) is 8.16. The van der Waals surface area contributed by atoms with E-state index in [2.05, 4.69) is 9.88 Å². The van der Waals surface area contributed by atoms with Crippen LogP contribution in [0.3, 0.4) is 0 Å². The van der Waals surface area contributed by atoms with Gasteiger partial charge in [0.05, 0.1) is 0 Å². The Bertz CT molecular complexity index is 758. The van der Waals surface area contributed by atoms with Crippen molar-refractivity contribution < 1.29 is 9.59 Å². The summed E-state index contributed by atoms with van der Waals surface area (Å²) in [7, 11) is 0. The van der Waals surface area contributed by atoms with Gasteiger partial charge in [-0.25, -0.2) is 0 Å². The summed E-state index contributed by atoms with van der Waals surface area (Å²) >= 11 is 0. The first kappa shape index (κ1) is 18.2. The van der Waals surface area contributed by atoms with Gasteiger partial charge in [0.15, 0.2) is 0 Å². The van der Waals surface area contributed by atoms with Crippen LogP contribution in [0.4, 0.5) is 0 Å². The molecule has 138 valence electrons. The molecular weight excluding hydrogens is 326 g/mol. The molecule has 2 amide bonds. The quantitative estimate of drug-likeness (QED) is 0.899. The lowest BCUT2D eigenvalue weighted by Crippen LogP contribution is -2.42. The van der Waals surface area contributed by atoms with E-state index < -0.39 is 0 Å². The highest BCUT2D eigenvalue weighted by molar-refractivity contribution is 5.94. The molecule has 1 saturated heterocycles. The molecule has 2 heterocycles. The van der Waals surface area contributed by atoms with Gasteiger partial charge in [0, 0.05) is 55.5 Å². The van der Waals surface area contributed by atoms with Gasteiger partial charge in [0.1, 0.15) is 0 Å². The minimum atomic E-state index is -0.161. The zero-order chi connectivity index (χ0) is 18.7. The molecule has 0 radical (unpaired) electrons. The fourth-order valence-electron chi connectivity index (χ4n) is 3.35. The Morgan fingerprint density at radius 2 is 1.81 bits per heavy atom. The van der Waals surface area contributed by atoms with Gasteiger partial charge in [-0.3, -0.25) is 9.59 Å². The molecule has 3 rings (SSSR count). The number of hydrogen-bond donors (Lipinski definition) is 1. The van der Waals surface area contributed by atoms with Crippen molar-refractivity contribution in [2.24, 2.45) is 5.92 Å². The van der Waals surface area contributed by atoms with E-state index in [1.165, 1.54) is 0 Å². The predicted octanol–water partition coefficient (Wildman–Crippen LogP) is 2.91. The monoisotopic (exact) mass is 353 g/mol. The molecule has 0 saturated carbocycles. The number of hydrogen-bond acceptors (Lipinski definition) is 2. The number of nitrogens with zero attached hydrogens (tertiary/aromatic N) is 2. The van der Waals surface area contributed by atoms with Gasteiger partial charge in [0.2, 0.25) is 5.91 Å². The van der Waals surface area contributed by atoms with E-state index in [1.807, 2.05) is 74.5 Å². The summed E-state index contributed by atoms with van der Waals surface area (Å²) in [5.41, 5.74) is 1.64. The molecule has 1 aromatic heterocycles. The summed E-state index contributed by atoms with van der Waals surface area (Å²) in [6.07, 6.45) is 4.54. The van der Waals surface area contributed by atoms with Crippen LogP contribution < -0.4 is 5.32 Å². The van der Waals surface area contributed by atoms with E-state index in [1.54, 1.807) is 0 Å². The third kappa shape index (κ3) is 4.34. The molecule has 0 spiro atoms. The SMILES string of the molecule is CC(C)(C)N1C[C@@H](CNC(=O)c2ccc(Cn3cccc3)cc2)CC1=O. The Kier molecular flexibility index (Phi) is 5.16. The van der Waals surface area contributed by atoms with Crippen LogP contribution in [0.25, 0.3) is 0 Å². The van der Waals surface area contributed by atoms with Gasteiger partial charge in [-0.15, -0.1) is 0 Å². The van der Waals surface area contributed by atoms with Crippen LogP contribution in [0.2, 0.25) is 0 Å². The minimum Gasteiger partial charge on any atom is -0.352 e. The Hall–Kier alpha value is -2.56. The lowest BCUT2D eigenvalue weighted by atomic mass is 10.1. The van der Waals surface area contributed by atoms with Crippen molar-refractivity contribution in [1.29, 1.82) is 0 Å². The van der Waals surface area contributed by atoms with Crippen LogP contribution in [0.5, 0.6) is 0 Å². The third-order valence-electron chi connectivity index (χ3n) is 4.81. The minimum absolute atomic E-state index is 0.0841. The van der Waals surface area contributed by atoms with Crippen molar-refractivity contribution in [3.63, 3.8) is 0 Å². The summed E-state index contributed by atoms with van der Waals surface area (Å²) in [5, 5.41) is 2.98. The van der Waals surface area contributed by atoms with Gasteiger partial charge in [-0.05, 0) is 50.6 Å². The number of likely N-dealkylation sites (tertiary alicyclic amines) is 1. The average Bonchev–Trinajstić information content (AvgIpc) is 3.22. The normalized spacial score (nSPS) is 17.6. The molecular formula is C21H27N3O2. The molecule has 1 N–H and O–H groups in total. The topological polar surface area (TPSA) is 54.3 Å². The second-order valence-electron chi connectivity index (χ2n) is 8.01. The Balaban J connectivity index is 1.51.